The van der Waals surface area contributed by atoms with Gasteiger partial charge in [-0.2, -0.15) is 0 Å². The number of nitrogens with zero attached hydrogens (tertiary/aromatic N) is 3. The second kappa shape index (κ2) is 8.18. The van der Waals surface area contributed by atoms with Crippen LogP contribution in [0.2, 0.25) is 0 Å². The molecule has 0 unspecified atom stereocenters. The summed E-state index contributed by atoms with van der Waals surface area (Å²) in [7, 11) is 0. The van der Waals surface area contributed by atoms with E-state index in [1.807, 2.05) is 25.1 Å². The molecule has 0 spiro atoms. The SMILES string of the molecule is Cc1nc2ccccc2n1CCCNC(=O)c1ccc(Cn2ccccc2=O)o1. The maximum absolute atomic E-state index is 12.3. The summed E-state index contributed by atoms with van der Waals surface area (Å²) in [4.78, 5) is 28.7. The van der Waals surface area contributed by atoms with E-state index in [2.05, 4.69) is 20.9 Å². The minimum atomic E-state index is -0.260. The number of fused-ring (bicyclic) bond motifs is 1. The quantitative estimate of drug-likeness (QED) is 0.492. The number of furan rings is 1. The van der Waals surface area contributed by atoms with Gasteiger partial charge in [-0.05, 0) is 43.7 Å². The van der Waals surface area contributed by atoms with Gasteiger partial charge in [-0.15, -0.1) is 0 Å². The molecule has 0 saturated carbocycles. The van der Waals surface area contributed by atoms with Crippen molar-refractivity contribution in [2.45, 2.75) is 26.4 Å². The largest absolute Gasteiger partial charge is 0.454 e. The van der Waals surface area contributed by atoms with Crippen molar-refractivity contribution in [1.29, 1.82) is 0 Å². The molecule has 0 saturated heterocycles. The molecule has 0 aliphatic heterocycles. The molecule has 1 aromatic carbocycles. The van der Waals surface area contributed by atoms with Gasteiger partial charge in [0.05, 0.1) is 17.6 Å². The van der Waals surface area contributed by atoms with Gasteiger partial charge in [0.15, 0.2) is 5.76 Å². The molecule has 0 aliphatic carbocycles. The number of aromatic nitrogens is 3. The fourth-order valence-corrected chi connectivity index (χ4v) is 3.35. The van der Waals surface area contributed by atoms with Crippen LogP contribution in [-0.2, 0) is 13.1 Å². The Kier molecular flexibility index (Phi) is 5.29. The van der Waals surface area contributed by atoms with Gasteiger partial charge < -0.3 is 18.9 Å². The average Bonchev–Trinajstić information content (AvgIpc) is 3.31. The maximum Gasteiger partial charge on any atom is 0.286 e. The molecule has 7 heteroatoms. The smallest absolute Gasteiger partial charge is 0.286 e. The van der Waals surface area contributed by atoms with Gasteiger partial charge in [0.25, 0.3) is 11.5 Å². The third kappa shape index (κ3) is 4.13. The number of nitrogens with one attached hydrogen (secondary N) is 1. The lowest BCUT2D eigenvalue weighted by molar-refractivity contribution is 0.0923. The summed E-state index contributed by atoms with van der Waals surface area (Å²) < 4.78 is 9.28. The molecule has 7 nitrogen and oxygen atoms in total. The van der Waals surface area contributed by atoms with Gasteiger partial charge in [-0.25, -0.2) is 4.98 Å². The highest BCUT2D eigenvalue weighted by molar-refractivity contribution is 5.91. The van der Waals surface area contributed by atoms with Crippen LogP contribution in [0.5, 0.6) is 0 Å². The third-order valence-corrected chi connectivity index (χ3v) is 4.80. The van der Waals surface area contributed by atoms with Gasteiger partial charge in [0.2, 0.25) is 0 Å². The molecule has 4 rings (SSSR count). The van der Waals surface area contributed by atoms with Gasteiger partial charge in [0, 0.05) is 25.4 Å². The topological polar surface area (TPSA) is 82.1 Å². The van der Waals surface area contributed by atoms with Crippen LogP contribution in [0, 0.1) is 6.92 Å². The lowest BCUT2D eigenvalue weighted by atomic mass is 10.3. The molecule has 3 aromatic heterocycles. The number of rotatable bonds is 7. The van der Waals surface area contributed by atoms with Crippen molar-refractivity contribution in [2.75, 3.05) is 6.54 Å². The average molecular weight is 390 g/mol. The molecule has 4 aromatic rings. The summed E-state index contributed by atoms with van der Waals surface area (Å²) in [5.41, 5.74) is 1.97. The first-order valence-corrected chi connectivity index (χ1v) is 9.56. The Labute approximate surface area is 167 Å². The minimum absolute atomic E-state index is 0.114. The number of aryl methyl sites for hydroxylation is 2. The van der Waals surface area contributed by atoms with Crippen molar-refractivity contribution in [3.8, 4) is 0 Å². The molecule has 29 heavy (non-hydrogen) atoms. The fourth-order valence-electron chi connectivity index (χ4n) is 3.35. The number of hydrogen-bond acceptors (Lipinski definition) is 4. The Balaban J connectivity index is 1.31. The van der Waals surface area contributed by atoms with Crippen LogP contribution < -0.4 is 10.9 Å². The first-order valence-electron chi connectivity index (χ1n) is 9.56. The third-order valence-electron chi connectivity index (χ3n) is 4.80. The highest BCUT2D eigenvalue weighted by atomic mass is 16.4. The summed E-state index contributed by atoms with van der Waals surface area (Å²) >= 11 is 0. The molecule has 0 aliphatic rings. The van der Waals surface area contributed by atoms with Crippen molar-refractivity contribution < 1.29 is 9.21 Å². The van der Waals surface area contributed by atoms with Crippen molar-refractivity contribution in [3.05, 3.63) is 88.5 Å². The first-order chi connectivity index (χ1) is 14.1. The molecular formula is C22H22N4O3. The molecule has 0 radical (unpaired) electrons. The van der Waals surface area contributed by atoms with Crippen LogP contribution in [0.25, 0.3) is 11.0 Å². The van der Waals surface area contributed by atoms with Crippen molar-refractivity contribution in [1.82, 2.24) is 19.4 Å². The molecule has 1 N–H and O–H groups in total. The second-order valence-corrected chi connectivity index (χ2v) is 6.84. The summed E-state index contributed by atoms with van der Waals surface area (Å²) in [5, 5.41) is 2.88. The van der Waals surface area contributed by atoms with Crippen LogP contribution >= 0.6 is 0 Å². The molecule has 1 amide bonds. The molecule has 148 valence electrons. The molecule has 0 atom stereocenters. The number of amides is 1. The fraction of sp³-hybridized carbons (Fsp3) is 0.227. The Hall–Kier alpha value is -3.61. The van der Waals surface area contributed by atoms with Gasteiger partial charge >= 0.3 is 0 Å². The Bertz CT molecular complexity index is 1200. The van der Waals surface area contributed by atoms with Crippen LogP contribution in [0.4, 0.5) is 0 Å². The van der Waals surface area contributed by atoms with E-state index in [1.165, 1.54) is 10.6 Å². The zero-order valence-electron chi connectivity index (χ0n) is 16.2. The van der Waals surface area contributed by atoms with E-state index in [-0.39, 0.29) is 17.2 Å². The number of imidazole rings is 1. The van der Waals surface area contributed by atoms with Gasteiger partial charge in [-0.3, -0.25) is 9.59 Å². The number of carbonyl (C=O) groups is 1. The molecule has 0 bridgehead atoms. The predicted octanol–water partition coefficient (Wildman–Crippen LogP) is 2.97. The van der Waals surface area contributed by atoms with Gasteiger partial charge in [0.1, 0.15) is 11.6 Å². The molecular weight excluding hydrogens is 368 g/mol. The maximum atomic E-state index is 12.3. The number of para-hydroxylation sites is 2. The highest BCUT2D eigenvalue weighted by Crippen LogP contribution is 2.15. The lowest BCUT2D eigenvalue weighted by Crippen LogP contribution is -2.25. The number of pyridine rings is 1. The summed E-state index contributed by atoms with van der Waals surface area (Å²) in [6.07, 6.45) is 2.46. The van der Waals surface area contributed by atoms with E-state index in [0.29, 0.717) is 18.8 Å². The summed E-state index contributed by atoms with van der Waals surface area (Å²) in [6, 6.07) is 16.3. The number of hydrogen-bond donors (Lipinski definition) is 1. The second-order valence-electron chi connectivity index (χ2n) is 6.84. The highest BCUT2D eigenvalue weighted by Gasteiger charge is 2.12. The zero-order valence-corrected chi connectivity index (χ0v) is 16.2. The predicted molar refractivity (Wildman–Crippen MR) is 110 cm³/mol. The minimum Gasteiger partial charge on any atom is -0.454 e. The molecule has 0 fully saturated rings. The zero-order chi connectivity index (χ0) is 20.2. The number of benzene rings is 1. The lowest BCUT2D eigenvalue weighted by Gasteiger charge is -2.07. The van der Waals surface area contributed by atoms with E-state index in [9.17, 15) is 9.59 Å². The van der Waals surface area contributed by atoms with E-state index in [4.69, 9.17) is 4.42 Å². The molecule has 3 heterocycles. The van der Waals surface area contributed by atoms with E-state index >= 15 is 0 Å². The Morgan fingerprint density at radius 3 is 2.79 bits per heavy atom. The van der Waals surface area contributed by atoms with Crippen LogP contribution in [0.15, 0.2) is 70.0 Å². The Morgan fingerprint density at radius 2 is 1.93 bits per heavy atom. The van der Waals surface area contributed by atoms with Crippen LogP contribution in [-0.4, -0.2) is 26.6 Å². The standard InChI is InChI=1S/C22H22N4O3/c1-16-24-18-7-2-3-8-19(18)26(16)14-6-12-23-22(28)20-11-10-17(29-20)15-25-13-5-4-9-21(25)27/h2-5,7-11,13H,6,12,14-15H2,1H3,(H,23,28). The van der Waals surface area contributed by atoms with Gasteiger partial charge in [-0.1, -0.05) is 18.2 Å². The monoisotopic (exact) mass is 390 g/mol. The number of carbonyl (C=O) groups excluding carboxylic acids is 1. The van der Waals surface area contributed by atoms with E-state index < -0.39 is 0 Å². The first kappa shape index (κ1) is 18.7. The van der Waals surface area contributed by atoms with Crippen molar-refractivity contribution >= 4 is 16.9 Å². The van der Waals surface area contributed by atoms with E-state index in [0.717, 1.165) is 29.8 Å². The normalized spacial score (nSPS) is 11.1. The van der Waals surface area contributed by atoms with Crippen molar-refractivity contribution in [2.24, 2.45) is 0 Å². The van der Waals surface area contributed by atoms with Crippen LogP contribution in [0.1, 0.15) is 28.6 Å². The van der Waals surface area contributed by atoms with Crippen molar-refractivity contribution in [3.63, 3.8) is 0 Å². The summed E-state index contributed by atoms with van der Waals surface area (Å²) in [5.74, 6) is 1.51. The Morgan fingerprint density at radius 1 is 1.10 bits per heavy atom. The summed E-state index contributed by atoms with van der Waals surface area (Å²) in [6.45, 7) is 3.58. The van der Waals surface area contributed by atoms with Crippen LogP contribution in [0.3, 0.4) is 0 Å². The van der Waals surface area contributed by atoms with E-state index in [1.54, 1.807) is 30.5 Å².